The molecular formula is C20H25FN2O2. The van der Waals surface area contributed by atoms with E-state index in [1.54, 1.807) is 20.3 Å². The second kappa shape index (κ2) is 8.32. The van der Waals surface area contributed by atoms with Crippen molar-refractivity contribution in [1.82, 2.24) is 10.6 Å². The Hall–Kier alpha value is -2.11. The monoisotopic (exact) mass is 344 g/mol. The molecule has 3 rings (SSSR count). The Balaban J connectivity index is 1.76. The largest absolute Gasteiger partial charge is 0.497 e. The first-order valence-electron chi connectivity index (χ1n) is 8.65. The Bertz CT molecular complexity index is 708. The van der Waals surface area contributed by atoms with Gasteiger partial charge in [-0.2, -0.15) is 0 Å². The van der Waals surface area contributed by atoms with E-state index in [9.17, 15) is 4.39 Å². The highest BCUT2D eigenvalue weighted by Crippen LogP contribution is 2.28. The first-order chi connectivity index (χ1) is 12.2. The van der Waals surface area contributed by atoms with Crippen molar-refractivity contribution in [2.45, 2.75) is 31.5 Å². The van der Waals surface area contributed by atoms with Crippen LogP contribution in [-0.2, 0) is 6.54 Å². The molecule has 1 heterocycles. The van der Waals surface area contributed by atoms with Gasteiger partial charge in [0.05, 0.1) is 20.3 Å². The van der Waals surface area contributed by atoms with Gasteiger partial charge in [0.25, 0.3) is 0 Å². The molecule has 134 valence electrons. The number of nitrogens with one attached hydrogen (secondary N) is 2. The van der Waals surface area contributed by atoms with Gasteiger partial charge in [-0.05, 0) is 43.7 Å². The molecule has 1 aliphatic heterocycles. The molecule has 2 atom stereocenters. The van der Waals surface area contributed by atoms with Crippen LogP contribution in [0.25, 0.3) is 0 Å². The molecular weight excluding hydrogens is 319 g/mol. The third-order valence-electron chi connectivity index (χ3n) is 4.74. The number of benzene rings is 2. The molecule has 2 unspecified atom stereocenters. The van der Waals surface area contributed by atoms with Crippen LogP contribution in [-0.4, -0.2) is 26.8 Å². The quantitative estimate of drug-likeness (QED) is 0.843. The number of hydrogen-bond acceptors (Lipinski definition) is 4. The van der Waals surface area contributed by atoms with Gasteiger partial charge < -0.3 is 20.1 Å². The normalized spacial score (nSPS) is 20.3. The third kappa shape index (κ3) is 4.11. The van der Waals surface area contributed by atoms with Crippen LogP contribution >= 0.6 is 0 Å². The van der Waals surface area contributed by atoms with E-state index in [2.05, 4.69) is 10.6 Å². The fourth-order valence-electron chi connectivity index (χ4n) is 3.42. The predicted molar refractivity (Wildman–Crippen MR) is 96.6 cm³/mol. The fourth-order valence-corrected chi connectivity index (χ4v) is 3.42. The van der Waals surface area contributed by atoms with E-state index < -0.39 is 0 Å². The zero-order chi connectivity index (χ0) is 17.6. The summed E-state index contributed by atoms with van der Waals surface area (Å²) in [6.45, 7) is 1.54. The van der Waals surface area contributed by atoms with Crippen LogP contribution in [0, 0.1) is 5.82 Å². The Morgan fingerprint density at radius 3 is 2.76 bits per heavy atom. The lowest BCUT2D eigenvalue weighted by Crippen LogP contribution is -2.46. The Morgan fingerprint density at radius 1 is 1.16 bits per heavy atom. The van der Waals surface area contributed by atoms with E-state index in [-0.39, 0.29) is 17.9 Å². The highest BCUT2D eigenvalue weighted by molar-refractivity contribution is 5.40. The first-order valence-corrected chi connectivity index (χ1v) is 8.65. The summed E-state index contributed by atoms with van der Waals surface area (Å²) in [6, 6.07) is 12.9. The smallest absolute Gasteiger partial charge is 0.128 e. The summed E-state index contributed by atoms with van der Waals surface area (Å²) in [5.41, 5.74) is 1.75. The predicted octanol–water partition coefficient (Wildman–Crippen LogP) is 3.43. The molecule has 2 aromatic carbocycles. The number of piperidine rings is 1. The molecule has 0 bridgehead atoms. The van der Waals surface area contributed by atoms with Gasteiger partial charge in [0, 0.05) is 23.7 Å². The summed E-state index contributed by atoms with van der Waals surface area (Å²) in [5, 5.41) is 7.03. The highest BCUT2D eigenvalue weighted by Gasteiger charge is 2.27. The van der Waals surface area contributed by atoms with Crippen molar-refractivity contribution in [2.24, 2.45) is 0 Å². The van der Waals surface area contributed by atoms with Crippen molar-refractivity contribution in [3.05, 3.63) is 59.4 Å². The van der Waals surface area contributed by atoms with Crippen LogP contribution in [0.15, 0.2) is 42.5 Å². The molecule has 1 aliphatic rings. The molecule has 4 nitrogen and oxygen atoms in total. The lowest BCUT2D eigenvalue weighted by molar-refractivity contribution is 0.296. The van der Waals surface area contributed by atoms with Crippen LogP contribution in [0.1, 0.15) is 30.0 Å². The summed E-state index contributed by atoms with van der Waals surface area (Å²) in [6.07, 6.45) is 2.07. The van der Waals surface area contributed by atoms with Crippen molar-refractivity contribution in [3.8, 4) is 11.5 Å². The minimum Gasteiger partial charge on any atom is -0.497 e. The number of hydrogen-bond donors (Lipinski definition) is 2. The molecule has 0 spiro atoms. The molecule has 0 radical (unpaired) electrons. The molecule has 5 heteroatoms. The van der Waals surface area contributed by atoms with E-state index in [0.29, 0.717) is 6.54 Å². The number of ether oxygens (including phenoxy) is 2. The summed E-state index contributed by atoms with van der Waals surface area (Å²) in [4.78, 5) is 0. The molecule has 2 aromatic rings. The fraction of sp³-hybridized carbons (Fsp3) is 0.400. The average molecular weight is 344 g/mol. The minimum absolute atomic E-state index is 0.0356. The summed E-state index contributed by atoms with van der Waals surface area (Å²) < 4.78 is 25.0. The number of rotatable bonds is 6. The second-order valence-corrected chi connectivity index (χ2v) is 6.26. The van der Waals surface area contributed by atoms with Gasteiger partial charge in [-0.3, -0.25) is 0 Å². The summed E-state index contributed by atoms with van der Waals surface area (Å²) in [7, 11) is 3.31. The van der Waals surface area contributed by atoms with Crippen molar-refractivity contribution < 1.29 is 13.9 Å². The maximum atomic E-state index is 14.2. The van der Waals surface area contributed by atoms with Crippen LogP contribution in [0.3, 0.4) is 0 Å². The Morgan fingerprint density at radius 2 is 2.00 bits per heavy atom. The van der Waals surface area contributed by atoms with Crippen LogP contribution < -0.4 is 20.1 Å². The van der Waals surface area contributed by atoms with E-state index in [1.165, 1.54) is 6.07 Å². The average Bonchev–Trinajstić information content (AvgIpc) is 2.67. The van der Waals surface area contributed by atoms with Gasteiger partial charge in [-0.15, -0.1) is 0 Å². The van der Waals surface area contributed by atoms with E-state index in [1.807, 2.05) is 30.3 Å². The lowest BCUT2D eigenvalue weighted by atomic mass is 9.91. The van der Waals surface area contributed by atoms with Gasteiger partial charge in [-0.1, -0.05) is 18.2 Å². The molecule has 0 amide bonds. The molecule has 0 aromatic heterocycles. The van der Waals surface area contributed by atoms with Crippen LogP contribution in [0.2, 0.25) is 0 Å². The maximum absolute atomic E-state index is 14.2. The van der Waals surface area contributed by atoms with E-state index >= 15 is 0 Å². The number of halogens is 1. The van der Waals surface area contributed by atoms with E-state index in [0.717, 1.165) is 42.0 Å². The Kier molecular flexibility index (Phi) is 5.89. The van der Waals surface area contributed by atoms with Crippen LogP contribution in [0.4, 0.5) is 4.39 Å². The molecule has 2 N–H and O–H groups in total. The van der Waals surface area contributed by atoms with Gasteiger partial charge >= 0.3 is 0 Å². The first kappa shape index (κ1) is 17.7. The lowest BCUT2D eigenvalue weighted by Gasteiger charge is -2.34. The van der Waals surface area contributed by atoms with Crippen molar-refractivity contribution >= 4 is 0 Å². The standard InChI is InChI=1S/C20H25FN2O2/c1-24-15-9-10-19(25-2)14(12-15)13-23-18-8-5-11-22-20(18)16-6-3-4-7-17(16)21/h3-4,6-7,9-10,12,18,20,22-23H,5,8,11,13H2,1-2H3. The Labute approximate surface area is 148 Å². The van der Waals surface area contributed by atoms with E-state index in [4.69, 9.17) is 9.47 Å². The topological polar surface area (TPSA) is 42.5 Å². The molecule has 0 saturated carbocycles. The van der Waals surface area contributed by atoms with Crippen LogP contribution in [0.5, 0.6) is 11.5 Å². The molecule has 25 heavy (non-hydrogen) atoms. The highest BCUT2D eigenvalue weighted by atomic mass is 19.1. The molecule has 1 fully saturated rings. The third-order valence-corrected chi connectivity index (χ3v) is 4.74. The molecule has 0 aliphatic carbocycles. The zero-order valence-corrected chi connectivity index (χ0v) is 14.7. The van der Waals surface area contributed by atoms with Crippen molar-refractivity contribution in [3.63, 3.8) is 0 Å². The second-order valence-electron chi connectivity index (χ2n) is 6.26. The summed E-state index contributed by atoms with van der Waals surface area (Å²) >= 11 is 0. The number of methoxy groups -OCH3 is 2. The van der Waals surface area contributed by atoms with Crippen molar-refractivity contribution in [2.75, 3.05) is 20.8 Å². The molecule has 1 saturated heterocycles. The van der Waals surface area contributed by atoms with Gasteiger partial charge in [0.1, 0.15) is 17.3 Å². The maximum Gasteiger partial charge on any atom is 0.128 e. The van der Waals surface area contributed by atoms with Gasteiger partial charge in [-0.25, -0.2) is 4.39 Å². The van der Waals surface area contributed by atoms with Gasteiger partial charge in [0.2, 0.25) is 0 Å². The SMILES string of the molecule is COc1ccc(OC)c(CNC2CCCNC2c2ccccc2F)c1. The minimum atomic E-state index is -0.160. The van der Waals surface area contributed by atoms with Gasteiger partial charge in [0.15, 0.2) is 0 Å². The zero-order valence-electron chi connectivity index (χ0n) is 14.7. The van der Waals surface area contributed by atoms with Crippen molar-refractivity contribution in [1.29, 1.82) is 0 Å². The summed E-state index contributed by atoms with van der Waals surface area (Å²) in [5.74, 6) is 1.46.